The van der Waals surface area contributed by atoms with Crippen molar-refractivity contribution in [2.24, 2.45) is 5.92 Å². The van der Waals surface area contributed by atoms with Crippen LogP contribution < -0.4 is 10.9 Å². The van der Waals surface area contributed by atoms with E-state index in [2.05, 4.69) is 31.9 Å². The summed E-state index contributed by atoms with van der Waals surface area (Å²) in [7, 11) is 1.97. The third-order valence-electron chi connectivity index (χ3n) is 4.44. The molecule has 1 saturated heterocycles. The number of carbonyl (C=O) groups is 2. The summed E-state index contributed by atoms with van der Waals surface area (Å²) in [5.74, 6) is -0.0995. The fourth-order valence-electron chi connectivity index (χ4n) is 3.14. The largest absolute Gasteiger partial charge is 0.306 e. The van der Waals surface area contributed by atoms with Gasteiger partial charge in [0.2, 0.25) is 5.91 Å². The molecule has 2 amide bonds. The highest BCUT2D eigenvalue weighted by molar-refractivity contribution is 5.92. The van der Waals surface area contributed by atoms with Crippen LogP contribution in [-0.4, -0.2) is 51.6 Å². The van der Waals surface area contributed by atoms with Crippen LogP contribution in [0.25, 0.3) is 17.6 Å². The number of likely N-dealkylation sites (tertiary alicyclic amines) is 1. The average molecular weight is 368 g/mol. The smallest absolute Gasteiger partial charge is 0.263 e. The first-order chi connectivity index (χ1) is 12.9. The maximum absolute atomic E-state index is 12.0. The number of aryl methyl sites for hydroxylation is 2. The van der Waals surface area contributed by atoms with Gasteiger partial charge in [-0.15, -0.1) is 5.10 Å². The third-order valence-corrected chi connectivity index (χ3v) is 4.44. The normalized spacial score (nSPS) is 17.4. The van der Waals surface area contributed by atoms with Crippen LogP contribution in [0.1, 0.15) is 17.5 Å². The molecular formula is C19H24N6O2. The van der Waals surface area contributed by atoms with Crippen molar-refractivity contribution in [2.45, 2.75) is 20.3 Å². The van der Waals surface area contributed by atoms with Crippen LogP contribution in [0.5, 0.6) is 0 Å². The van der Waals surface area contributed by atoms with Gasteiger partial charge >= 0.3 is 0 Å². The molecule has 8 heteroatoms. The molecule has 2 heterocycles. The monoisotopic (exact) mass is 368 g/mol. The molecule has 1 aliphatic rings. The van der Waals surface area contributed by atoms with Gasteiger partial charge in [-0.25, -0.2) is 9.67 Å². The Kier molecular flexibility index (Phi) is 5.66. The van der Waals surface area contributed by atoms with E-state index in [0.717, 1.165) is 29.7 Å². The predicted molar refractivity (Wildman–Crippen MR) is 102 cm³/mol. The summed E-state index contributed by atoms with van der Waals surface area (Å²) >= 11 is 0. The quantitative estimate of drug-likeness (QED) is 0.624. The van der Waals surface area contributed by atoms with E-state index in [0.29, 0.717) is 12.4 Å². The highest BCUT2D eigenvalue weighted by atomic mass is 16.2. The lowest BCUT2D eigenvalue weighted by atomic mass is 10.1. The summed E-state index contributed by atoms with van der Waals surface area (Å²) in [4.78, 5) is 30.2. The first-order valence-corrected chi connectivity index (χ1v) is 8.87. The second-order valence-corrected chi connectivity index (χ2v) is 6.97. The van der Waals surface area contributed by atoms with E-state index in [-0.39, 0.29) is 11.8 Å². The predicted octanol–water partition coefficient (Wildman–Crippen LogP) is 1.13. The molecular weight excluding hydrogens is 344 g/mol. The van der Waals surface area contributed by atoms with Gasteiger partial charge in [0.15, 0.2) is 5.82 Å². The van der Waals surface area contributed by atoms with Crippen molar-refractivity contribution in [1.82, 2.24) is 30.5 Å². The standard InChI is InChI=1S/C19H24N6O2/c1-13-8-14(2)10-16(9-13)18-20-12-25(23-18)7-5-17(26)21-22-19(27)15-4-6-24(3)11-15/h5,7-10,12,15H,4,6,11H2,1-3H3,(H,21,26)(H,22,27)/b7-5-. The Hall–Kier alpha value is -3.00. The van der Waals surface area contributed by atoms with Crippen molar-refractivity contribution >= 4 is 18.0 Å². The number of nitrogens with zero attached hydrogens (tertiary/aromatic N) is 4. The first-order valence-electron chi connectivity index (χ1n) is 8.87. The highest BCUT2D eigenvalue weighted by Gasteiger charge is 2.26. The van der Waals surface area contributed by atoms with Crippen molar-refractivity contribution in [1.29, 1.82) is 0 Å². The molecule has 1 aromatic heterocycles. The maximum Gasteiger partial charge on any atom is 0.263 e. The number of rotatable bonds is 4. The van der Waals surface area contributed by atoms with Crippen LogP contribution >= 0.6 is 0 Å². The lowest BCUT2D eigenvalue weighted by Gasteiger charge is -2.11. The molecule has 0 spiro atoms. The van der Waals surface area contributed by atoms with Gasteiger partial charge in [0.05, 0.1) is 5.92 Å². The van der Waals surface area contributed by atoms with Gasteiger partial charge in [-0.2, -0.15) is 0 Å². The summed E-state index contributed by atoms with van der Waals surface area (Å²) in [6, 6.07) is 6.11. The second-order valence-electron chi connectivity index (χ2n) is 6.97. The van der Waals surface area contributed by atoms with Gasteiger partial charge in [-0.3, -0.25) is 20.4 Å². The first kappa shape index (κ1) is 18.8. The maximum atomic E-state index is 12.0. The number of benzene rings is 1. The minimum atomic E-state index is -0.432. The third kappa shape index (κ3) is 5.01. The Morgan fingerprint density at radius 3 is 2.59 bits per heavy atom. The van der Waals surface area contributed by atoms with E-state index in [4.69, 9.17) is 0 Å². The zero-order chi connectivity index (χ0) is 19.4. The summed E-state index contributed by atoms with van der Waals surface area (Å²) in [5, 5.41) is 4.35. The van der Waals surface area contributed by atoms with E-state index >= 15 is 0 Å². The van der Waals surface area contributed by atoms with Crippen LogP contribution in [0.4, 0.5) is 0 Å². The minimum Gasteiger partial charge on any atom is -0.306 e. The van der Waals surface area contributed by atoms with Gasteiger partial charge < -0.3 is 4.90 Å². The van der Waals surface area contributed by atoms with E-state index in [1.807, 2.05) is 33.0 Å². The number of nitrogens with one attached hydrogen (secondary N) is 2. The molecule has 27 heavy (non-hydrogen) atoms. The van der Waals surface area contributed by atoms with Crippen molar-refractivity contribution in [3.63, 3.8) is 0 Å². The summed E-state index contributed by atoms with van der Waals surface area (Å²) < 4.78 is 1.46. The van der Waals surface area contributed by atoms with Crippen molar-refractivity contribution in [2.75, 3.05) is 20.1 Å². The fraction of sp³-hybridized carbons (Fsp3) is 0.368. The number of hydrogen-bond acceptors (Lipinski definition) is 5. The van der Waals surface area contributed by atoms with Crippen LogP contribution in [0, 0.1) is 19.8 Å². The van der Waals surface area contributed by atoms with Gasteiger partial charge in [-0.05, 0) is 46.0 Å². The lowest BCUT2D eigenvalue weighted by Crippen LogP contribution is -2.44. The molecule has 2 aromatic rings. The zero-order valence-corrected chi connectivity index (χ0v) is 15.8. The molecule has 3 rings (SSSR count). The molecule has 1 atom stereocenters. The van der Waals surface area contributed by atoms with Crippen molar-refractivity contribution in [3.8, 4) is 11.4 Å². The Bertz CT molecular complexity index is 853. The van der Waals surface area contributed by atoms with Gasteiger partial charge in [0.25, 0.3) is 5.91 Å². The number of aromatic nitrogens is 3. The van der Waals surface area contributed by atoms with Crippen LogP contribution in [-0.2, 0) is 9.59 Å². The van der Waals surface area contributed by atoms with Crippen LogP contribution in [0.15, 0.2) is 30.6 Å². The highest BCUT2D eigenvalue weighted by Crippen LogP contribution is 2.18. The summed E-state index contributed by atoms with van der Waals surface area (Å²) in [6.45, 7) is 5.64. The van der Waals surface area contributed by atoms with E-state index < -0.39 is 5.91 Å². The molecule has 2 N–H and O–H groups in total. The molecule has 1 aromatic carbocycles. The van der Waals surface area contributed by atoms with Crippen molar-refractivity contribution < 1.29 is 9.59 Å². The summed E-state index contributed by atoms with van der Waals surface area (Å²) in [6.07, 6.45) is 5.11. The van der Waals surface area contributed by atoms with Gasteiger partial charge in [0.1, 0.15) is 6.33 Å². The molecule has 8 nitrogen and oxygen atoms in total. The fourth-order valence-corrected chi connectivity index (χ4v) is 3.14. The molecule has 0 saturated carbocycles. The van der Waals surface area contributed by atoms with Crippen LogP contribution in [0.2, 0.25) is 0 Å². The number of hydrazine groups is 1. The Morgan fingerprint density at radius 2 is 1.93 bits per heavy atom. The van der Waals surface area contributed by atoms with Crippen LogP contribution in [0.3, 0.4) is 0 Å². The van der Waals surface area contributed by atoms with E-state index in [1.165, 1.54) is 23.3 Å². The molecule has 1 fully saturated rings. The molecule has 1 aliphatic heterocycles. The van der Waals surface area contributed by atoms with E-state index in [1.54, 1.807) is 0 Å². The number of amides is 2. The topological polar surface area (TPSA) is 92.2 Å². The second kappa shape index (κ2) is 8.13. The molecule has 1 unspecified atom stereocenters. The Morgan fingerprint density at radius 1 is 1.19 bits per heavy atom. The summed E-state index contributed by atoms with van der Waals surface area (Å²) in [5.41, 5.74) is 8.06. The molecule has 142 valence electrons. The number of carbonyl (C=O) groups excluding carboxylic acids is 2. The van der Waals surface area contributed by atoms with Gasteiger partial charge in [-0.1, -0.05) is 17.2 Å². The lowest BCUT2D eigenvalue weighted by molar-refractivity contribution is -0.129. The zero-order valence-electron chi connectivity index (χ0n) is 15.8. The molecule has 0 bridgehead atoms. The Labute approximate surface area is 158 Å². The molecule has 0 aliphatic carbocycles. The average Bonchev–Trinajstić information content (AvgIpc) is 3.26. The van der Waals surface area contributed by atoms with E-state index in [9.17, 15) is 9.59 Å². The van der Waals surface area contributed by atoms with Gasteiger partial charge in [0, 0.05) is 24.4 Å². The van der Waals surface area contributed by atoms with Crippen molar-refractivity contribution in [3.05, 3.63) is 41.7 Å². The number of hydrogen-bond donors (Lipinski definition) is 2. The molecule has 0 radical (unpaired) electrons. The minimum absolute atomic E-state index is 0.0880. The SMILES string of the molecule is Cc1cc(C)cc(-c2ncn(/C=C\C(=O)NNC(=O)C3CCN(C)C3)n2)c1. The Balaban J connectivity index is 1.54.